The van der Waals surface area contributed by atoms with E-state index < -0.39 is 0 Å². The molecule has 0 bridgehead atoms. The summed E-state index contributed by atoms with van der Waals surface area (Å²) in [7, 11) is 0. The molecule has 0 saturated heterocycles. The van der Waals surface area contributed by atoms with E-state index >= 15 is 0 Å². The quantitative estimate of drug-likeness (QED) is 0.670. The van der Waals surface area contributed by atoms with Gasteiger partial charge in [-0.15, -0.1) is 11.3 Å². The number of benzene rings is 1. The van der Waals surface area contributed by atoms with Crippen molar-refractivity contribution >= 4 is 57.1 Å². The summed E-state index contributed by atoms with van der Waals surface area (Å²) in [6.07, 6.45) is 1.73. The minimum Gasteiger partial charge on any atom is -0.326 e. The maximum atomic E-state index is 12.1. The Bertz CT molecular complexity index is 851. The third kappa shape index (κ3) is 4.67. The zero-order valence-electron chi connectivity index (χ0n) is 12.3. The molecular formula is C16H12Cl2N4OS. The van der Waals surface area contributed by atoms with Gasteiger partial charge in [-0.1, -0.05) is 29.3 Å². The van der Waals surface area contributed by atoms with Crippen LogP contribution in [0.2, 0.25) is 10.0 Å². The normalized spacial score (nSPS) is 10.4. The number of halogens is 2. The maximum absolute atomic E-state index is 12.1. The van der Waals surface area contributed by atoms with Crippen LogP contribution in [0.25, 0.3) is 0 Å². The molecule has 2 N–H and O–H groups in total. The highest BCUT2D eigenvalue weighted by molar-refractivity contribution is 7.13. The molecule has 3 rings (SSSR count). The van der Waals surface area contributed by atoms with Crippen molar-refractivity contribution in [1.82, 2.24) is 9.97 Å². The van der Waals surface area contributed by atoms with Gasteiger partial charge in [0.15, 0.2) is 5.13 Å². The van der Waals surface area contributed by atoms with Crippen molar-refractivity contribution in [1.29, 1.82) is 0 Å². The molecule has 0 saturated carbocycles. The van der Waals surface area contributed by atoms with E-state index in [-0.39, 0.29) is 12.3 Å². The largest absolute Gasteiger partial charge is 0.326 e. The molecule has 0 fully saturated rings. The number of hydrogen-bond donors (Lipinski definition) is 2. The first-order chi connectivity index (χ1) is 11.6. The van der Waals surface area contributed by atoms with E-state index in [1.165, 1.54) is 11.3 Å². The van der Waals surface area contributed by atoms with E-state index in [0.717, 1.165) is 0 Å². The number of pyridine rings is 1. The summed E-state index contributed by atoms with van der Waals surface area (Å²) in [4.78, 5) is 20.6. The van der Waals surface area contributed by atoms with E-state index in [0.29, 0.717) is 32.4 Å². The molecule has 5 nitrogen and oxygen atoms in total. The number of nitrogens with one attached hydrogen (secondary N) is 2. The Morgan fingerprint density at radius 2 is 2.04 bits per heavy atom. The Hall–Kier alpha value is -2.15. The third-order valence-electron chi connectivity index (χ3n) is 2.96. The Morgan fingerprint density at radius 3 is 2.79 bits per heavy atom. The van der Waals surface area contributed by atoms with Gasteiger partial charge in [-0.05, 0) is 30.3 Å². The topological polar surface area (TPSA) is 66.9 Å². The molecule has 0 aliphatic carbocycles. The fourth-order valence-corrected chi connectivity index (χ4v) is 2.96. The maximum Gasteiger partial charge on any atom is 0.230 e. The van der Waals surface area contributed by atoms with Crippen molar-refractivity contribution in [2.45, 2.75) is 6.42 Å². The summed E-state index contributed by atoms with van der Waals surface area (Å²) < 4.78 is 0. The van der Waals surface area contributed by atoms with Crippen LogP contribution in [0.3, 0.4) is 0 Å². The van der Waals surface area contributed by atoms with Crippen molar-refractivity contribution in [3.8, 4) is 0 Å². The van der Waals surface area contributed by atoms with Gasteiger partial charge in [-0.3, -0.25) is 4.79 Å². The standard InChI is InChI=1S/C16H12Cl2N4OS/c17-10-2-1-3-12(6-10)20-15(23)7-13-9-24-16(21-13)22-14-5-4-11(18)8-19-14/h1-6,8-9H,7H2,(H,20,23)(H,19,21,22). The second kappa shape index (κ2) is 7.61. The molecule has 2 heterocycles. The van der Waals surface area contributed by atoms with E-state index in [2.05, 4.69) is 20.6 Å². The smallest absolute Gasteiger partial charge is 0.230 e. The Balaban J connectivity index is 1.59. The second-order valence-electron chi connectivity index (χ2n) is 4.87. The number of carbonyl (C=O) groups is 1. The first-order valence-corrected chi connectivity index (χ1v) is 8.60. The Labute approximate surface area is 152 Å². The lowest BCUT2D eigenvalue weighted by molar-refractivity contribution is -0.115. The molecule has 0 atom stereocenters. The second-order valence-corrected chi connectivity index (χ2v) is 6.60. The van der Waals surface area contributed by atoms with Crippen LogP contribution in [-0.4, -0.2) is 15.9 Å². The van der Waals surface area contributed by atoms with Gasteiger partial charge in [0.05, 0.1) is 17.1 Å². The summed E-state index contributed by atoms with van der Waals surface area (Å²) in [5.74, 6) is 0.488. The van der Waals surface area contributed by atoms with Crippen LogP contribution in [0.15, 0.2) is 48.0 Å². The van der Waals surface area contributed by atoms with Crippen LogP contribution in [0.1, 0.15) is 5.69 Å². The van der Waals surface area contributed by atoms with Gasteiger partial charge in [-0.25, -0.2) is 9.97 Å². The minimum atomic E-state index is -0.154. The number of anilines is 3. The summed E-state index contributed by atoms with van der Waals surface area (Å²) in [6, 6.07) is 10.5. The predicted molar refractivity (Wildman–Crippen MR) is 98.4 cm³/mol. The Morgan fingerprint density at radius 1 is 1.17 bits per heavy atom. The number of nitrogens with zero attached hydrogens (tertiary/aromatic N) is 2. The van der Waals surface area contributed by atoms with Crippen LogP contribution < -0.4 is 10.6 Å². The zero-order chi connectivity index (χ0) is 16.9. The number of hydrogen-bond acceptors (Lipinski definition) is 5. The molecule has 0 radical (unpaired) electrons. The van der Waals surface area contributed by atoms with Crippen LogP contribution in [0, 0.1) is 0 Å². The number of carbonyl (C=O) groups excluding carboxylic acids is 1. The molecule has 0 spiro atoms. The summed E-state index contributed by atoms with van der Waals surface area (Å²) >= 11 is 13.1. The van der Waals surface area contributed by atoms with Gasteiger partial charge in [0.25, 0.3) is 0 Å². The molecule has 0 aliphatic rings. The number of aromatic nitrogens is 2. The molecule has 1 amide bonds. The molecule has 122 valence electrons. The summed E-state index contributed by atoms with van der Waals surface area (Å²) in [6.45, 7) is 0. The summed E-state index contributed by atoms with van der Waals surface area (Å²) in [5.41, 5.74) is 1.34. The first-order valence-electron chi connectivity index (χ1n) is 6.97. The lowest BCUT2D eigenvalue weighted by Crippen LogP contribution is -2.14. The molecule has 3 aromatic rings. The first kappa shape index (κ1) is 16.7. The van der Waals surface area contributed by atoms with Gasteiger partial charge < -0.3 is 10.6 Å². The lowest BCUT2D eigenvalue weighted by atomic mass is 10.3. The fourth-order valence-electron chi connectivity index (χ4n) is 1.94. The van der Waals surface area contributed by atoms with Crippen LogP contribution in [-0.2, 0) is 11.2 Å². The average molecular weight is 379 g/mol. The van der Waals surface area contributed by atoms with Crippen molar-refractivity contribution in [2.24, 2.45) is 0 Å². The summed E-state index contributed by atoms with van der Waals surface area (Å²) in [5, 5.41) is 9.49. The third-order valence-corrected chi connectivity index (χ3v) is 4.23. The van der Waals surface area contributed by atoms with Crippen LogP contribution in [0.5, 0.6) is 0 Å². The monoisotopic (exact) mass is 378 g/mol. The molecule has 0 unspecified atom stereocenters. The van der Waals surface area contributed by atoms with Gasteiger partial charge >= 0.3 is 0 Å². The van der Waals surface area contributed by atoms with Crippen LogP contribution in [0.4, 0.5) is 16.6 Å². The zero-order valence-corrected chi connectivity index (χ0v) is 14.6. The van der Waals surface area contributed by atoms with Crippen molar-refractivity contribution in [3.05, 3.63) is 63.7 Å². The van der Waals surface area contributed by atoms with E-state index in [1.807, 2.05) is 5.38 Å². The van der Waals surface area contributed by atoms with E-state index in [9.17, 15) is 4.79 Å². The fraction of sp³-hybridized carbons (Fsp3) is 0.0625. The van der Waals surface area contributed by atoms with Crippen molar-refractivity contribution in [2.75, 3.05) is 10.6 Å². The van der Waals surface area contributed by atoms with Gasteiger partial charge in [0.1, 0.15) is 5.82 Å². The highest BCUT2D eigenvalue weighted by atomic mass is 35.5. The van der Waals surface area contributed by atoms with Gasteiger partial charge in [0, 0.05) is 22.3 Å². The highest BCUT2D eigenvalue weighted by Crippen LogP contribution is 2.21. The average Bonchev–Trinajstić information content (AvgIpc) is 2.96. The van der Waals surface area contributed by atoms with Crippen LogP contribution >= 0.6 is 34.5 Å². The van der Waals surface area contributed by atoms with Crippen molar-refractivity contribution < 1.29 is 4.79 Å². The molecular weight excluding hydrogens is 367 g/mol. The molecule has 8 heteroatoms. The number of thiazole rings is 1. The predicted octanol–water partition coefficient (Wildman–Crippen LogP) is 4.77. The Kier molecular flexibility index (Phi) is 5.30. The lowest BCUT2D eigenvalue weighted by Gasteiger charge is -2.04. The highest BCUT2D eigenvalue weighted by Gasteiger charge is 2.09. The van der Waals surface area contributed by atoms with E-state index in [4.69, 9.17) is 23.2 Å². The SMILES string of the molecule is O=C(Cc1csc(Nc2ccc(Cl)cn2)n1)Nc1cccc(Cl)c1. The minimum absolute atomic E-state index is 0.154. The molecule has 2 aromatic heterocycles. The van der Waals surface area contributed by atoms with Gasteiger partial charge in [-0.2, -0.15) is 0 Å². The molecule has 0 aliphatic heterocycles. The van der Waals surface area contributed by atoms with Crippen molar-refractivity contribution in [3.63, 3.8) is 0 Å². The molecule has 24 heavy (non-hydrogen) atoms. The van der Waals surface area contributed by atoms with Gasteiger partial charge in [0.2, 0.25) is 5.91 Å². The number of rotatable bonds is 5. The van der Waals surface area contributed by atoms with E-state index in [1.54, 1.807) is 42.6 Å². The molecule has 1 aromatic carbocycles. The number of amides is 1.